The molecule has 0 unspecified atom stereocenters. The van der Waals surface area contributed by atoms with E-state index in [2.05, 4.69) is 0 Å². The van der Waals surface area contributed by atoms with Gasteiger partial charge < -0.3 is 9.84 Å². The van der Waals surface area contributed by atoms with E-state index >= 15 is 0 Å². The summed E-state index contributed by atoms with van der Waals surface area (Å²) in [6.07, 6.45) is 0.585. The van der Waals surface area contributed by atoms with Gasteiger partial charge in [-0.25, -0.2) is 0 Å². The van der Waals surface area contributed by atoms with E-state index in [4.69, 9.17) is 16.3 Å². The Balaban J connectivity index is 2.08. The molecule has 0 bridgehead atoms. The van der Waals surface area contributed by atoms with Crippen LogP contribution in [0.25, 0.3) is 0 Å². The molecule has 2 rings (SSSR count). The van der Waals surface area contributed by atoms with Crippen molar-refractivity contribution in [1.82, 2.24) is 0 Å². The van der Waals surface area contributed by atoms with Crippen LogP contribution in [-0.4, -0.2) is 11.4 Å². The molecule has 0 radical (unpaired) electrons. The summed E-state index contributed by atoms with van der Waals surface area (Å²) < 4.78 is 5.52. The molecule has 2 aromatic rings. The molecule has 18 heavy (non-hydrogen) atoms. The Bertz CT molecular complexity index is 567. The number of carbonyl (C=O) groups excluding carboxylic acids is 1. The van der Waals surface area contributed by atoms with Crippen LogP contribution in [-0.2, 0) is 6.61 Å². The Labute approximate surface area is 110 Å². The summed E-state index contributed by atoms with van der Waals surface area (Å²) >= 11 is 5.86. The van der Waals surface area contributed by atoms with E-state index in [0.29, 0.717) is 23.7 Å². The molecule has 0 aromatic heterocycles. The maximum absolute atomic E-state index is 10.7. The fraction of sp³-hybridized carbons (Fsp3) is 0.0714. The fourth-order valence-electron chi connectivity index (χ4n) is 1.51. The molecule has 0 heterocycles. The van der Waals surface area contributed by atoms with Crippen LogP contribution in [0, 0.1) is 0 Å². The molecule has 3 nitrogen and oxygen atoms in total. The van der Waals surface area contributed by atoms with E-state index in [1.165, 1.54) is 12.1 Å². The van der Waals surface area contributed by atoms with Gasteiger partial charge in [0.05, 0.1) is 5.56 Å². The van der Waals surface area contributed by atoms with Gasteiger partial charge in [0.25, 0.3) is 0 Å². The monoisotopic (exact) mass is 262 g/mol. The van der Waals surface area contributed by atoms with Crippen LogP contribution in [0.15, 0.2) is 42.5 Å². The highest BCUT2D eigenvalue weighted by molar-refractivity contribution is 6.30. The molecule has 0 spiro atoms. The molecule has 4 heteroatoms. The minimum Gasteiger partial charge on any atom is -0.507 e. The molecule has 2 aromatic carbocycles. The Kier molecular flexibility index (Phi) is 3.85. The number of ether oxygens (including phenoxy) is 1. The van der Waals surface area contributed by atoms with Crippen molar-refractivity contribution < 1.29 is 14.6 Å². The van der Waals surface area contributed by atoms with E-state index < -0.39 is 0 Å². The van der Waals surface area contributed by atoms with Crippen LogP contribution in [0.3, 0.4) is 0 Å². The highest BCUT2D eigenvalue weighted by Gasteiger charge is 2.03. The average molecular weight is 263 g/mol. The molecule has 0 saturated carbocycles. The Hall–Kier alpha value is -2.00. The fourth-order valence-corrected chi connectivity index (χ4v) is 1.72. The number of phenols is 1. The van der Waals surface area contributed by atoms with Crippen LogP contribution in [0.4, 0.5) is 0 Å². The summed E-state index contributed by atoms with van der Waals surface area (Å²) in [4.78, 5) is 10.7. The van der Waals surface area contributed by atoms with E-state index in [9.17, 15) is 9.90 Å². The lowest BCUT2D eigenvalue weighted by Crippen LogP contribution is -1.96. The lowest BCUT2D eigenvalue weighted by molar-refractivity contribution is 0.112. The van der Waals surface area contributed by atoms with Crippen molar-refractivity contribution >= 4 is 17.9 Å². The normalized spacial score (nSPS) is 10.1. The van der Waals surface area contributed by atoms with Crippen molar-refractivity contribution in [2.24, 2.45) is 0 Å². The molecule has 0 saturated heterocycles. The smallest absolute Gasteiger partial charge is 0.153 e. The van der Waals surface area contributed by atoms with Crippen LogP contribution >= 0.6 is 11.6 Å². The van der Waals surface area contributed by atoms with Gasteiger partial charge in [-0.05, 0) is 35.9 Å². The predicted molar refractivity (Wildman–Crippen MR) is 69.3 cm³/mol. The maximum atomic E-state index is 10.7. The van der Waals surface area contributed by atoms with E-state index in [1.54, 1.807) is 12.1 Å². The van der Waals surface area contributed by atoms with Gasteiger partial charge in [-0.2, -0.15) is 0 Å². The third-order valence-corrected chi connectivity index (χ3v) is 2.66. The largest absolute Gasteiger partial charge is 0.507 e. The first-order chi connectivity index (χ1) is 8.69. The molecule has 0 aliphatic rings. The van der Waals surface area contributed by atoms with Crippen LogP contribution in [0.2, 0.25) is 5.02 Å². The maximum Gasteiger partial charge on any atom is 0.153 e. The number of hydrogen-bond acceptors (Lipinski definition) is 3. The summed E-state index contributed by atoms with van der Waals surface area (Å²) in [5.41, 5.74) is 1.14. The molecule has 0 aliphatic carbocycles. The minimum atomic E-state index is -0.0555. The number of carbonyl (C=O) groups is 1. The number of phenolic OH excluding ortho intramolecular Hbond substituents is 1. The molecule has 92 valence electrons. The van der Waals surface area contributed by atoms with E-state index in [0.717, 1.165) is 5.56 Å². The van der Waals surface area contributed by atoms with Crippen molar-refractivity contribution in [3.05, 3.63) is 58.6 Å². The molecule has 0 amide bonds. The molecule has 0 fully saturated rings. The first kappa shape index (κ1) is 12.5. The first-order valence-corrected chi connectivity index (χ1v) is 5.72. The zero-order chi connectivity index (χ0) is 13.0. The third kappa shape index (κ3) is 3.02. The standard InChI is InChI=1S/C14H11ClO3/c15-12-3-1-2-10(6-12)9-18-13-4-5-14(17)11(7-13)8-16/h1-8,17H,9H2. The van der Waals surface area contributed by atoms with Crippen LogP contribution in [0.1, 0.15) is 15.9 Å². The first-order valence-electron chi connectivity index (χ1n) is 5.34. The summed E-state index contributed by atoms with van der Waals surface area (Å²) in [5.74, 6) is 0.468. The van der Waals surface area contributed by atoms with E-state index in [-0.39, 0.29) is 11.3 Å². The Morgan fingerprint density at radius 1 is 1.22 bits per heavy atom. The lowest BCUT2D eigenvalue weighted by atomic mass is 10.2. The van der Waals surface area contributed by atoms with Crippen molar-refractivity contribution in [2.45, 2.75) is 6.61 Å². The highest BCUT2D eigenvalue weighted by Crippen LogP contribution is 2.22. The quantitative estimate of drug-likeness (QED) is 0.859. The number of aldehydes is 1. The Morgan fingerprint density at radius 3 is 2.78 bits per heavy atom. The second kappa shape index (κ2) is 5.56. The van der Waals surface area contributed by atoms with Gasteiger partial charge in [0.1, 0.15) is 18.1 Å². The van der Waals surface area contributed by atoms with Crippen LogP contribution in [0.5, 0.6) is 11.5 Å². The number of rotatable bonds is 4. The van der Waals surface area contributed by atoms with Crippen LogP contribution < -0.4 is 4.74 Å². The minimum absolute atomic E-state index is 0.0555. The molecule has 1 N–H and O–H groups in total. The SMILES string of the molecule is O=Cc1cc(OCc2cccc(Cl)c2)ccc1O. The van der Waals surface area contributed by atoms with Gasteiger partial charge in [-0.3, -0.25) is 4.79 Å². The zero-order valence-electron chi connectivity index (χ0n) is 9.47. The summed E-state index contributed by atoms with van der Waals surface area (Å²) in [6, 6.07) is 11.9. The van der Waals surface area contributed by atoms with Gasteiger partial charge >= 0.3 is 0 Å². The highest BCUT2D eigenvalue weighted by atomic mass is 35.5. The zero-order valence-corrected chi connectivity index (χ0v) is 10.2. The van der Waals surface area contributed by atoms with Crippen molar-refractivity contribution in [2.75, 3.05) is 0 Å². The average Bonchev–Trinajstić information content (AvgIpc) is 2.38. The molecular weight excluding hydrogens is 252 g/mol. The topological polar surface area (TPSA) is 46.5 Å². The predicted octanol–water partition coefficient (Wildman–Crippen LogP) is 3.44. The van der Waals surface area contributed by atoms with Gasteiger partial charge in [0.2, 0.25) is 0 Å². The molecular formula is C14H11ClO3. The number of hydrogen-bond donors (Lipinski definition) is 1. The van der Waals surface area contributed by atoms with Gasteiger partial charge in [-0.1, -0.05) is 23.7 Å². The second-order valence-corrected chi connectivity index (χ2v) is 4.19. The second-order valence-electron chi connectivity index (χ2n) is 3.76. The summed E-state index contributed by atoms with van der Waals surface area (Å²) in [7, 11) is 0. The summed E-state index contributed by atoms with van der Waals surface area (Å²) in [5, 5.41) is 10.0. The van der Waals surface area contributed by atoms with Gasteiger partial charge in [0.15, 0.2) is 6.29 Å². The number of benzene rings is 2. The van der Waals surface area contributed by atoms with Gasteiger partial charge in [0, 0.05) is 5.02 Å². The van der Waals surface area contributed by atoms with Gasteiger partial charge in [-0.15, -0.1) is 0 Å². The van der Waals surface area contributed by atoms with E-state index in [1.807, 2.05) is 18.2 Å². The molecule has 0 atom stereocenters. The summed E-state index contributed by atoms with van der Waals surface area (Å²) in [6.45, 7) is 0.351. The van der Waals surface area contributed by atoms with Crippen molar-refractivity contribution in [3.8, 4) is 11.5 Å². The van der Waals surface area contributed by atoms with Crippen molar-refractivity contribution in [3.63, 3.8) is 0 Å². The number of halogens is 1. The Morgan fingerprint density at radius 2 is 2.06 bits per heavy atom. The number of aromatic hydroxyl groups is 1. The lowest BCUT2D eigenvalue weighted by Gasteiger charge is -2.07. The molecule has 0 aliphatic heterocycles. The van der Waals surface area contributed by atoms with Crippen molar-refractivity contribution in [1.29, 1.82) is 0 Å². The third-order valence-electron chi connectivity index (χ3n) is 2.42.